The molecule has 2 aromatic rings. The summed E-state index contributed by atoms with van der Waals surface area (Å²) in [4.78, 5) is 4.05. The van der Waals surface area contributed by atoms with Crippen molar-refractivity contribution in [3.8, 4) is 0 Å². The molecule has 0 spiro atoms. The Kier molecular flexibility index (Phi) is 6.02. The molecule has 2 aromatic carbocycles. The van der Waals surface area contributed by atoms with Gasteiger partial charge in [-0.2, -0.15) is 0 Å². The number of guanidine groups is 1. The third-order valence-corrected chi connectivity index (χ3v) is 3.30. The molecule has 0 aliphatic carbocycles. The number of halogens is 3. The van der Waals surface area contributed by atoms with Crippen LogP contribution in [0.2, 0.25) is 0 Å². The summed E-state index contributed by atoms with van der Waals surface area (Å²) in [5.74, 6) is -0.869. The van der Waals surface area contributed by atoms with Crippen molar-refractivity contribution in [1.82, 2.24) is 10.6 Å². The van der Waals surface area contributed by atoms with Gasteiger partial charge in [-0.15, -0.1) is 0 Å². The largest absolute Gasteiger partial charge is 0.356 e. The minimum Gasteiger partial charge on any atom is -0.356 e. The molecule has 0 aliphatic rings. The van der Waals surface area contributed by atoms with Crippen LogP contribution in [0, 0.1) is 17.5 Å². The topological polar surface area (TPSA) is 36.4 Å². The van der Waals surface area contributed by atoms with Crippen LogP contribution in [0.5, 0.6) is 0 Å². The minimum atomic E-state index is -0.587. The fraction of sp³-hybridized carbons (Fsp3) is 0.235. The average molecular weight is 321 g/mol. The van der Waals surface area contributed by atoms with Crippen molar-refractivity contribution in [2.24, 2.45) is 4.99 Å². The van der Waals surface area contributed by atoms with E-state index in [4.69, 9.17) is 0 Å². The first kappa shape index (κ1) is 16.9. The van der Waals surface area contributed by atoms with Crippen molar-refractivity contribution in [1.29, 1.82) is 0 Å². The van der Waals surface area contributed by atoms with Crippen molar-refractivity contribution in [2.75, 3.05) is 13.6 Å². The Balaban J connectivity index is 1.80. The van der Waals surface area contributed by atoms with Crippen LogP contribution in [0.15, 0.2) is 47.5 Å². The molecular weight excluding hydrogens is 303 g/mol. The summed E-state index contributed by atoms with van der Waals surface area (Å²) in [7, 11) is 1.62. The van der Waals surface area contributed by atoms with Crippen molar-refractivity contribution in [3.63, 3.8) is 0 Å². The Morgan fingerprint density at radius 3 is 2.30 bits per heavy atom. The van der Waals surface area contributed by atoms with Crippen LogP contribution in [0.3, 0.4) is 0 Å². The van der Waals surface area contributed by atoms with Crippen LogP contribution in [0.4, 0.5) is 13.2 Å². The number of hydrogen-bond donors (Lipinski definition) is 2. The van der Waals surface area contributed by atoms with Gasteiger partial charge in [0.1, 0.15) is 17.5 Å². The molecule has 2 rings (SSSR count). The van der Waals surface area contributed by atoms with Crippen LogP contribution in [-0.2, 0) is 13.0 Å². The number of nitrogens with one attached hydrogen (secondary N) is 2. The first-order valence-electron chi connectivity index (χ1n) is 7.21. The lowest BCUT2D eigenvalue weighted by Crippen LogP contribution is -2.37. The van der Waals surface area contributed by atoms with E-state index in [0.29, 0.717) is 31.0 Å². The van der Waals surface area contributed by atoms with Crippen LogP contribution < -0.4 is 10.6 Å². The molecule has 0 bridgehead atoms. The van der Waals surface area contributed by atoms with Crippen molar-refractivity contribution < 1.29 is 13.2 Å². The number of benzene rings is 2. The predicted molar refractivity (Wildman–Crippen MR) is 84.7 cm³/mol. The van der Waals surface area contributed by atoms with Crippen LogP contribution >= 0.6 is 0 Å². The van der Waals surface area contributed by atoms with Crippen LogP contribution in [-0.4, -0.2) is 19.6 Å². The minimum absolute atomic E-state index is 0.280. The Labute approximate surface area is 133 Å². The second kappa shape index (κ2) is 8.22. The lowest BCUT2D eigenvalue weighted by Gasteiger charge is -2.12. The standard InChI is InChI=1S/C17H18F3N3/c1-21-17(23-11-12-2-5-14(18)6-3-12)22-9-8-13-4-7-15(19)10-16(13)20/h2-7,10H,8-9,11H2,1H3,(H2,21,22,23). The number of aliphatic imine (C=N–C) groups is 1. The summed E-state index contributed by atoms with van der Waals surface area (Å²) in [6, 6.07) is 9.69. The molecule has 0 saturated carbocycles. The van der Waals surface area contributed by atoms with Gasteiger partial charge in [0.25, 0.3) is 0 Å². The SMILES string of the molecule is CN=C(NCCc1ccc(F)cc1F)NCc1ccc(F)cc1. The Bertz CT molecular complexity index is 669. The van der Waals surface area contributed by atoms with E-state index in [-0.39, 0.29) is 5.82 Å². The fourth-order valence-electron chi connectivity index (χ4n) is 2.05. The van der Waals surface area contributed by atoms with Crippen molar-refractivity contribution in [2.45, 2.75) is 13.0 Å². The van der Waals surface area contributed by atoms with E-state index >= 15 is 0 Å². The first-order valence-corrected chi connectivity index (χ1v) is 7.21. The van der Waals surface area contributed by atoms with Gasteiger partial charge in [0.05, 0.1) is 0 Å². The highest BCUT2D eigenvalue weighted by Gasteiger charge is 2.04. The average Bonchev–Trinajstić information content (AvgIpc) is 2.54. The van der Waals surface area contributed by atoms with Crippen LogP contribution in [0.1, 0.15) is 11.1 Å². The second-order valence-electron chi connectivity index (χ2n) is 4.96. The quantitative estimate of drug-likeness (QED) is 0.656. The molecule has 0 heterocycles. The van der Waals surface area contributed by atoms with Gasteiger partial charge in [0, 0.05) is 26.2 Å². The first-order chi connectivity index (χ1) is 11.1. The lowest BCUT2D eigenvalue weighted by atomic mass is 10.1. The molecule has 0 amide bonds. The van der Waals surface area contributed by atoms with Gasteiger partial charge >= 0.3 is 0 Å². The second-order valence-corrected chi connectivity index (χ2v) is 4.96. The summed E-state index contributed by atoms with van der Waals surface area (Å²) in [6.45, 7) is 0.941. The summed E-state index contributed by atoms with van der Waals surface area (Å²) >= 11 is 0. The summed E-state index contributed by atoms with van der Waals surface area (Å²) in [5.41, 5.74) is 1.35. The van der Waals surface area contributed by atoms with Gasteiger partial charge in [-0.1, -0.05) is 18.2 Å². The maximum atomic E-state index is 13.5. The molecule has 0 radical (unpaired) electrons. The van der Waals surface area contributed by atoms with E-state index in [0.717, 1.165) is 11.6 Å². The molecule has 0 saturated heterocycles. The molecule has 0 atom stereocenters. The van der Waals surface area contributed by atoms with Gasteiger partial charge < -0.3 is 10.6 Å². The van der Waals surface area contributed by atoms with Crippen molar-refractivity contribution >= 4 is 5.96 Å². The molecule has 0 aromatic heterocycles. The zero-order valence-electron chi connectivity index (χ0n) is 12.7. The van der Waals surface area contributed by atoms with E-state index < -0.39 is 11.6 Å². The molecular formula is C17H18F3N3. The van der Waals surface area contributed by atoms with Crippen LogP contribution in [0.25, 0.3) is 0 Å². The molecule has 3 nitrogen and oxygen atoms in total. The highest BCUT2D eigenvalue weighted by Crippen LogP contribution is 2.09. The molecule has 0 aliphatic heterocycles. The van der Waals surface area contributed by atoms with Gasteiger partial charge in [0.15, 0.2) is 5.96 Å². The molecule has 2 N–H and O–H groups in total. The van der Waals surface area contributed by atoms with Gasteiger partial charge in [-0.05, 0) is 35.7 Å². The molecule has 0 unspecified atom stereocenters. The molecule has 23 heavy (non-hydrogen) atoms. The maximum absolute atomic E-state index is 13.5. The Morgan fingerprint density at radius 1 is 0.957 bits per heavy atom. The van der Waals surface area contributed by atoms with E-state index in [1.165, 1.54) is 24.3 Å². The predicted octanol–water partition coefficient (Wildman–Crippen LogP) is 3.01. The van der Waals surface area contributed by atoms with E-state index in [2.05, 4.69) is 15.6 Å². The van der Waals surface area contributed by atoms with Gasteiger partial charge in [0.2, 0.25) is 0 Å². The van der Waals surface area contributed by atoms with Gasteiger partial charge in [-0.3, -0.25) is 4.99 Å². The van der Waals surface area contributed by atoms with E-state index in [1.807, 2.05) is 0 Å². The Morgan fingerprint density at radius 2 is 1.65 bits per heavy atom. The molecule has 6 heteroatoms. The summed E-state index contributed by atoms with van der Waals surface area (Å²) < 4.78 is 39.2. The zero-order chi connectivity index (χ0) is 16.7. The number of rotatable bonds is 5. The highest BCUT2D eigenvalue weighted by molar-refractivity contribution is 5.79. The highest BCUT2D eigenvalue weighted by atomic mass is 19.1. The number of nitrogens with zero attached hydrogens (tertiary/aromatic N) is 1. The zero-order valence-corrected chi connectivity index (χ0v) is 12.7. The van der Waals surface area contributed by atoms with Crippen molar-refractivity contribution in [3.05, 3.63) is 71.0 Å². The summed E-state index contributed by atoms with van der Waals surface area (Å²) in [6.07, 6.45) is 0.406. The fourth-order valence-corrected chi connectivity index (χ4v) is 2.05. The third kappa shape index (κ3) is 5.32. The Hall–Kier alpha value is -2.50. The third-order valence-electron chi connectivity index (χ3n) is 3.30. The lowest BCUT2D eigenvalue weighted by molar-refractivity contribution is 0.570. The smallest absolute Gasteiger partial charge is 0.191 e. The molecule has 0 fully saturated rings. The summed E-state index contributed by atoms with van der Waals surface area (Å²) in [5, 5.41) is 6.12. The number of hydrogen-bond acceptors (Lipinski definition) is 1. The monoisotopic (exact) mass is 321 g/mol. The molecule has 122 valence electrons. The maximum Gasteiger partial charge on any atom is 0.191 e. The van der Waals surface area contributed by atoms with E-state index in [9.17, 15) is 13.2 Å². The van der Waals surface area contributed by atoms with E-state index in [1.54, 1.807) is 19.2 Å². The normalized spacial score (nSPS) is 11.4. The van der Waals surface area contributed by atoms with Gasteiger partial charge in [-0.25, -0.2) is 13.2 Å².